The molecule has 0 saturated heterocycles. The third-order valence-corrected chi connectivity index (χ3v) is 7.07. The van der Waals surface area contributed by atoms with Gasteiger partial charge in [0.25, 0.3) is 5.91 Å². The van der Waals surface area contributed by atoms with E-state index in [1.54, 1.807) is 12.1 Å². The van der Waals surface area contributed by atoms with Gasteiger partial charge in [-0.2, -0.15) is 0 Å². The first-order chi connectivity index (χ1) is 17.7. The van der Waals surface area contributed by atoms with Crippen molar-refractivity contribution in [1.82, 2.24) is 16.0 Å². The van der Waals surface area contributed by atoms with Crippen molar-refractivity contribution in [2.45, 2.75) is 50.2 Å². The van der Waals surface area contributed by atoms with Crippen LogP contribution in [0.4, 0.5) is 8.78 Å². The number of hydrogen-bond donors (Lipinski definition) is 3. The number of carbonyl (C=O) groups is 2. The van der Waals surface area contributed by atoms with Crippen molar-refractivity contribution in [3.05, 3.63) is 106 Å². The van der Waals surface area contributed by atoms with Gasteiger partial charge in [-0.1, -0.05) is 35.9 Å². The molecule has 37 heavy (non-hydrogen) atoms. The van der Waals surface area contributed by atoms with E-state index in [1.807, 2.05) is 24.3 Å². The number of rotatable bonds is 11. The average molecular weight is 526 g/mol. The van der Waals surface area contributed by atoms with Crippen molar-refractivity contribution in [3.8, 4) is 0 Å². The molecule has 0 aromatic heterocycles. The minimum Gasteiger partial charge on any atom is -0.350 e. The number of amides is 2. The Kier molecular flexibility index (Phi) is 8.56. The average Bonchev–Trinajstić information content (AvgIpc) is 3.57. The molecule has 3 atom stereocenters. The van der Waals surface area contributed by atoms with Crippen LogP contribution in [0.25, 0.3) is 0 Å². The highest BCUT2D eigenvalue weighted by molar-refractivity contribution is 6.30. The zero-order valence-corrected chi connectivity index (χ0v) is 21.3. The van der Waals surface area contributed by atoms with Crippen LogP contribution in [-0.4, -0.2) is 29.9 Å². The Morgan fingerprint density at radius 1 is 0.973 bits per heavy atom. The van der Waals surface area contributed by atoms with Crippen LogP contribution >= 0.6 is 11.6 Å². The lowest BCUT2D eigenvalue weighted by Gasteiger charge is -2.20. The maximum absolute atomic E-state index is 13.3. The standard InChI is InChI=1S/C29H30ClF2N3O2/c1-29(17-25(29)20-6-12-23(31)13-7-20)34-16-2-3-26(35-27(36)21-8-14-24(32)15-9-21)28(37)33-18-19-4-10-22(30)11-5-19/h4-15,25-26,34H,2-3,16-18H2,1H3,(H,33,37)(H,35,36). The molecule has 194 valence electrons. The molecule has 0 heterocycles. The first-order valence-corrected chi connectivity index (χ1v) is 12.7. The predicted octanol–water partition coefficient (Wildman–Crippen LogP) is 5.35. The van der Waals surface area contributed by atoms with Gasteiger partial charge in [0, 0.05) is 28.6 Å². The van der Waals surface area contributed by atoms with Crippen LogP contribution in [0, 0.1) is 11.6 Å². The molecule has 1 fully saturated rings. The van der Waals surface area contributed by atoms with E-state index in [4.69, 9.17) is 11.6 Å². The maximum atomic E-state index is 13.3. The number of carbonyl (C=O) groups excluding carboxylic acids is 2. The van der Waals surface area contributed by atoms with Gasteiger partial charge in [0.05, 0.1) is 0 Å². The Morgan fingerprint density at radius 2 is 1.59 bits per heavy atom. The van der Waals surface area contributed by atoms with Gasteiger partial charge >= 0.3 is 0 Å². The molecule has 1 saturated carbocycles. The topological polar surface area (TPSA) is 70.2 Å². The minimum atomic E-state index is -0.758. The SMILES string of the molecule is CC1(NCCCC(NC(=O)c2ccc(F)cc2)C(=O)NCc2ccc(Cl)cc2)CC1c1ccc(F)cc1. The smallest absolute Gasteiger partial charge is 0.251 e. The number of halogens is 3. The van der Waals surface area contributed by atoms with E-state index in [9.17, 15) is 18.4 Å². The van der Waals surface area contributed by atoms with E-state index in [0.29, 0.717) is 36.9 Å². The Labute approximate surface area is 220 Å². The molecule has 5 nitrogen and oxygen atoms in total. The van der Waals surface area contributed by atoms with E-state index < -0.39 is 17.8 Å². The third-order valence-electron chi connectivity index (χ3n) is 6.82. The van der Waals surface area contributed by atoms with Crippen molar-refractivity contribution in [3.63, 3.8) is 0 Å². The van der Waals surface area contributed by atoms with E-state index in [0.717, 1.165) is 17.5 Å². The summed E-state index contributed by atoms with van der Waals surface area (Å²) in [6.45, 7) is 3.09. The fourth-order valence-electron chi connectivity index (χ4n) is 4.45. The van der Waals surface area contributed by atoms with Crippen LogP contribution in [0.15, 0.2) is 72.8 Å². The van der Waals surface area contributed by atoms with Gasteiger partial charge in [0.1, 0.15) is 17.7 Å². The van der Waals surface area contributed by atoms with E-state index in [1.165, 1.54) is 36.4 Å². The second-order valence-corrected chi connectivity index (χ2v) is 10.1. The second kappa shape index (κ2) is 11.8. The highest BCUT2D eigenvalue weighted by Crippen LogP contribution is 2.51. The molecule has 3 aromatic rings. The van der Waals surface area contributed by atoms with Crippen molar-refractivity contribution in [1.29, 1.82) is 0 Å². The molecule has 0 aliphatic heterocycles. The second-order valence-electron chi connectivity index (χ2n) is 9.67. The molecular formula is C29H30ClF2N3O2. The van der Waals surface area contributed by atoms with Gasteiger partial charge in [0.15, 0.2) is 0 Å². The van der Waals surface area contributed by atoms with E-state index >= 15 is 0 Å². The molecule has 3 N–H and O–H groups in total. The minimum absolute atomic E-state index is 0.0818. The molecule has 3 unspecified atom stereocenters. The summed E-state index contributed by atoms with van der Waals surface area (Å²) in [5.74, 6) is -1.11. The van der Waals surface area contributed by atoms with Crippen molar-refractivity contribution in [2.75, 3.05) is 6.54 Å². The molecule has 0 bridgehead atoms. The van der Waals surface area contributed by atoms with E-state index in [2.05, 4.69) is 22.9 Å². The summed E-state index contributed by atoms with van der Waals surface area (Å²) in [7, 11) is 0. The van der Waals surface area contributed by atoms with Crippen molar-refractivity contribution >= 4 is 23.4 Å². The monoisotopic (exact) mass is 525 g/mol. The summed E-state index contributed by atoms with van der Waals surface area (Å²) in [4.78, 5) is 25.7. The van der Waals surface area contributed by atoms with Gasteiger partial charge in [-0.15, -0.1) is 0 Å². The fraction of sp³-hybridized carbons (Fsp3) is 0.310. The van der Waals surface area contributed by atoms with Crippen LogP contribution < -0.4 is 16.0 Å². The van der Waals surface area contributed by atoms with Gasteiger partial charge in [-0.05, 0) is 92.4 Å². The number of benzene rings is 3. The quantitative estimate of drug-likeness (QED) is 0.296. The first-order valence-electron chi connectivity index (χ1n) is 12.3. The zero-order chi connectivity index (χ0) is 26.4. The molecule has 0 spiro atoms. The van der Waals surface area contributed by atoms with Gasteiger partial charge < -0.3 is 16.0 Å². The van der Waals surface area contributed by atoms with Gasteiger partial charge in [-0.3, -0.25) is 9.59 Å². The Bertz CT molecular complexity index is 1220. The van der Waals surface area contributed by atoms with Gasteiger partial charge in [0.2, 0.25) is 5.91 Å². The first kappa shape index (κ1) is 26.8. The van der Waals surface area contributed by atoms with Crippen LogP contribution in [-0.2, 0) is 11.3 Å². The van der Waals surface area contributed by atoms with Crippen molar-refractivity contribution in [2.24, 2.45) is 0 Å². The molecule has 0 radical (unpaired) electrons. The molecular weight excluding hydrogens is 496 g/mol. The largest absolute Gasteiger partial charge is 0.350 e. The lowest BCUT2D eigenvalue weighted by atomic mass is 10.1. The molecule has 1 aliphatic rings. The van der Waals surface area contributed by atoms with Gasteiger partial charge in [-0.25, -0.2) is 8.78 Å². The van der Waals surface area contributed by atoms with Crippen LogP contribution in [0.2, 0.25) is 5.02 Å². The van der Waals surface area contributed by atoms with E-state index in [-0.39, 0.29) is 22.8 Å². The molecule has 1 aliphatic carbocycles. The van der Waals surface area contributed by atoms with Crippen LogP contribution in [0.3, 0.4) is 0 Å². The number of nitrogens with one attached hydrogen (secondary N) is 3. The summed E-state index contributed by atoms with van der Waals surface area (Å²) in [5.41, 5.74) is 2.18. The zero-order valence-electron chi connectivity index (χ0n) is 20.6. The number of hydrogen-bond acceptors (Lipinski definition) is 3. The highest BCUT2D eigenvalue weighted by Gasteiger charge is 2.50. The normalized spacial score (nSPS) is 19.2. The lowest BCUT2D eigenvalue weighted by molar-refractivity contribution is -0.123. The Balaban J connectivity index is 1.32. The highest BCUT2D eigenvalue weighted by atomic mass is 35.5. The molecule has 3 aromatic carbocycles. The fourth-order valence-corrected chi connectivity index (χ4v) is 4.57. The Morgan fingerprint density at radius 3 is 2.24 bits per heavy atom. The Hall–Kier alpha value is -3.29. The van der Waals surface area contributed by atoms with Crippen molar-refractivity contribution < 1.29 is 18.4 Å². The molecule has 8 heteroatoms. The van der Waals surface area contributed by atoms with Crippen LogP contribution in [0.5, 0.6) is 0 Å². The third kappa shape index (κ3) is 7.37. The molecule has 4 rings (SSSR count). The van der Waals surface area contributed by atoms with Crippen LogP contribution in [0.1, 0.15) is 53.6 Å². The summed E-state index contributed by atoms with van der Waals surface area (Å²) in [6, 6.07) is 18.2. The lowest BCUT2D eigenvalue weighted by Crippen LogP contribution is -2.47. The predicted molar refractivity (Wildman–Crippen MR) is 140 cm³/mol. The summed E-state index contributed by atoms with van der Waals surface area (Å²) >= 11 is 5.93. The summed E-state index contributed by atoms with van der Waals surface area (Å²) in [5, 5.41) is 9.83. The summed E-state index contributed by atoms with van der Waals surface area (Å²) < 4.78 is 26.5. The maximum Gasteiger partial charge on any atom is 0.251 e. The molecule has 2 amide bonds. The summed E-state index contributed by atoms with van der Waals surface area (Å²) in [6.07, 6.45) is 2.02.